The van der Waals surface area contributed by atoms with Gasteiger partial charge in [-0.05, 0) is 70.6 Å². The zero-order valence-corrected chi connectivity index (χ0v) is 42.2. The lowest BCUT2D eigenvalue weighted by Gasteiger charge is -2.24. The minimum Gasteiger partial charge on any atom is -0.462 e. The highest BCUT2D eigenvalue weighted by Crippen LogP contribution is 2.18. The SMILES string of the molecule is CCCCCCCC/C=C\C/C=C/CCC(=O)OC(CCCCCCC/C=C/CCCCCCCC)CC(=O)NC(CO)C(O)CCCCCCCCCCCCCCCCCC. The van der Waals surface area contributed by atoms with Crippen LogP contribution < -0.4 is 5.32 Å². The third-order valence-electron chi connectivity index (χ3n) is 12.7. The van der Waals surface area contributed by atoms with Gasteiger partial charge in [0.15, 0.2) is 0 Å². The van der Waals surface area contributed by atoms with Gasteiger partial charge >= 0.3 is 5.97 Å². The maximum Gasteiger partial charge on any atom is 0.306 e. The maximum atomic E-state index is 13.2. The molecular weight excluding hydrogens is 779 g/mol. The summed E-state index contributed by atoms with van der Waals surface area (Å²) in [7, 11) is 0. The van der Waals surface area contributed by atoms with Crippen molar-refractivity contribution in [3.05, 3.63) is 36.5 Å². The lowest BCUT2D eigenvalue weighted by Crippen LogP contribution is -2.46. The summed E-state index contributed by atoms with van der Waals surface area (Å²) in [5.41, 5.74) is 0. The van der Waals surface area contributed by atoms with Crippen LogP contribution >= 0.6 is 0 Å². The highest BCUT2D eigenvalue weighted by Gasteiger charge is 2.24. The molecular formula is C57H107NO5. The molecule has 3 unspecified atom stereocenters. The number of unbranched alkanes of at least 4 members (excludes halogenated alkanes) is 32. The quantitative estimate of drug-likeness (QED) is 0.0321. The number of allylic oxidation sites excluding steroid dienone is 6. The molecule has 0 fully saturated rings. The number of carbonyl (C=O) groups excluding carboxylic acids is 2. The molecule has 0 aliphatic carbocycles. The first-order chi connectivity index (χ1) is 31.0. The van der Waals surface area contributed by atoms with E-state index in [-0.39, 0.29) is 24.9 Å². The van der Waals surface area contributed by atoms with E-state index in [1.165, 1.54) is 180 Å². The fourth-order valence-electron chi connectivity index (χ4n) is 8.48. The first kappa shape index (κ1) is 61.1. The summed E-state index contributed by atoms with van der Waals surface area (Å²) in [5, 5.41) is 23.8. The Balaban J connectivity index is 4.59. The number of aliphatic hydroxyl groups is 2. The van der Waals surface area contributed by atoms with Gasteiger partial charge in [-0.2, -0.15) is 0 Å². The van der Waals surface area contributed by atoms with Crippen LogP contribution in [0.2, 0.25) is 0 Å². The van der Waals surface area contributed by atoms with Crippen molar-refractivity contribution >= 4 is 11.9 Å². The van der Waals surface area contributed by atoms with Gasteiger partial charge in [-0.3, -0.25) is 9.59 Å². The number of aliphatic hydroxyl groups excluding tert-OH is 2. The summed E-state index contributed by atoms with van der Waals surface area (Å²) in [6, 6.07) is -0.713. The summed E-state index contributed by atoms with van der Waals surface area (Å²) in [5.74, 6) is -0.552. The molecule has 1 amide bonds. The Hall–Kier alpha value is -1.92. The normalized spacial score (nSPS) is 13.4. The Morgan fingerprint density at radius 3 is 1.22 bits per heavy atom. The zero-order chi connectivity index (χ0) is 45.9. The summed E-state index contributed by atoms with van der Waals surface area (Å²) in [6.07, 6.45) is 60.7. The number of hydrogen-bond donors (Lipinski definition) is 3. The highest BCUT2D eigenvalue weighted by molar-refractivity contribution is 5.77. The van der Waals surface area contributed by atoms with Gasteiger partial charge in [-0.1, -0.05) is 243 Å². The van der Waals surface area contributed by atoms with Crippen LogP contribution in [0, 0.1) is 0 Å². The second-order valence-corrected chi connectivity index (χ2v) is 19.0. The number of ether oxygens (including phenoxy) is 1. The van der Waals surface area contributed by atoms with Crippen LogP contribution in [0.3, 0.4) is 0 Å². The predicted molar refractivity (Wildman–Crippen MR) is 273 cm³/mol. The first-order valence-corrected chi connectivity index (χ1v) is 27.7. The Bertz CT molecular complexity index is 1040. The van der Waals surface area contributed by atoms with Gasteiger partial charge in [0.2, 0.25) is 5.91 Å². The van der Waals surface area contributed by atoms with Crippen molar-refractivity contribution in [3.63, 3.8) is 0 Å². The van der Waals surface area contributed by atoms with Gasteiger partial charge in [-0.15, -0.1) is 0 Å². The molecule has 0 aromatic heterocycles. The highest BCUT2D eigenvalue weighted by atomic mass is 16.5. The molecule has 0 heterocycles. The third kappa shape index (κ3) is 46.4. The fourth-order valence-corrected chi connectivity index (χ4v) is 8.48. The van der Waals surface area contributed by atoms with Crippen molar-refractivity contribution < 1.29 is 24.5 Å². The van der Waals surface area contributed by atoms with Gasteiger partial charge in [-0.25, -0.2) is 0 Å². The van der Waals surface area contributed by atoms with Crippen LogP contribution in [-0.4, -0.2) is 46.9 Å². The lowest BCUT2D eigenvalue weighted by molar-refractivity contribution is -0.150. The van der Waals surface area contributed by atoms with E-state index in [1.807, 2.05) is 0 Å². The van der Waals surface area contributed by atoms with Crippen LogP contribution in [0.15, 0.2) is 36.5 Å². The van der Waals surface area contributed by atoms with Gasteiger partial charge in [0, 0.05) is 6.42 Å². The summed E-state index contributed by atoms with van der Waals surface area (Å²) >= 11 is 0. The van der Waals surface area contributed by atoms with Crippen LogP contribution in [0.25, 0.3) is 0 Å². The van der Waals surface area contributed by atoms with Crippen molar-refractivity contribution in [1.82, 2.24) is 5.32 Å². The van der Waals surface area contributed by atoms with Gasteiger partial charge < -0.3 is 20.3 Å². The molecule has 6 nitrogen and oxygen atoms in total. The van der Waals surface area contributed by atoms with E-state index in [0.29, 0.717) is 25.7 Å². The van der Waals surface area contributed by atoms with E-state index in [2.05, 4.69) is 62.5 Å². The number of hydrogen-bond acceptors (Lipinski definition) is 5. The standard InChI is InChI=1S/C57H107NO5/c1-4-7-10-13-16-19-22-25-27-29-32-34-37-40-43-46-49-55(60)54(52-59)58-56(61)51-53(48-45-42-39-36-33-31-28-26-23-20-17-14-11-8-5-2)63-57(62)50-47-44-41-38-35-30-24-21-18-15-12-9-6-3/h26,28,30,35,41,44,53-55,59-60H,4-25,27,29,31-34,36-40,42-43,45-52H2,1-3H3,(H,58,61)/b28-26+,35-30-,44-41+. The van der Waals surface area contributed by atoms with Crippen molar-refractivity contribution in [2.75, 3.05) is 6.61 Å². The molecule has 3 N–H and O–H groups in total. The summed E-state index contributed by atoms with van der Waals surface area (Å²) in [4.78, 5) is 26.2. The van der Waals surface area contributed by atoms with Gasteiger partial charge in [0.1, 0.15) is 6.10 Å². The average Bonchev–Trinajstić information content (AvgIpc) is 3.28. The molecule has 0 aromatic carbocycles. The Labute approximate surface area is 392 Å². The molecule has 0 rings (SSSR count). The summed E-state index contributed by atoms with van der Waals surface area (Å²) in [6.45, 7) is 6.48. The van der Waals surface area contributed by atoms with E-state index in [9.17, 15) is 19.8 Å². The minimum atomic E-state index is -0.797. The molecule has 0 aliphatic heterocycles. The maximum absolute atomic E-state index is 13.2. The number of nitrogens with one attached hydrogen (secondary N) is 1. The molecule has 0 saturated carbocycles. The lowest BCUT2D eigenvalue weighted by atomic mass is 10.0. The van der Waals surface area contributed by atoms with Gasteiger partial charge in [0.25, 0.3) is 0 Å². The number of amides is 1. The van der Waals surface area contributed by atoms with E-state index in [4.69, 9.17) is 4.74 Å². The molecule has 6 heteroatoms. The third-order valence-corrected chi connectivity index (χ3v) is 12.7. The monoisotopic (exact) mass is 886 g/mol. The van der Waals surface area contributed by atoms with Crippen LogP contribution in [-0.2, 0) is 14.3 Å². The molecule has 0 bridgehead atoms. The second kappa shape index (κ2) is 51.1. The molecule has 0 aliphatic rings. The average molecular weight is 886 g/mol. The van der Waals surface area contributed by atoms with Crippen molar-refractivity contribution in [3.8, 4) is 0 Å². The molecule has 0 spiro atoms. The van der Waals surface area contributed by atoms with Crippen LogP contribution in [0.4, 0.5) is 0 Å². The van der Waals surface area contributed by atoms with Gasteiger partial charge in [0.05, 0.1) is 25.2 Å². The molecule has 3 atom stereocenters. The van der Waals surface area contributed by atoms with E-state index in [0.717, 1.165) is 57.8 Å². The first-order valence-electron chi connectivity index (χ1n) is 27.7. The minimum absolute atomic E-state index is 0.0522. The molecule has 63 heavy (non-hydrogen) atoms. The van der Waals surface area contributed by atoms with Crippen molar-refractivity contribution in [1.29, 1.82) is 0 Å². The van der Waals surface area contributed by atoms with Crippen molar-refractivity contribution in [2.45, 2.75) is 309 Å². The Morgan fingerprint density at radius 1 is 0.460 bits per heavy atom. The summed E-state index contributed by atoms with van der Waals surface area (Å²) < 4.78 is 5.90. The largest absolute Gasteiger partial charge is 0.462 e. The second-order valence-electron chi connectivity index (χ2n) is 19.0. The number of carbonyl (C=O) groups is 2. The zero-order valence-electron chi connectivity index (χ0n) is 42.2. The Kier molecular flexibility index (Phi) is 49.5. The Morgan fingerprint density at radius 2 is 0.810 bits per heavy atom. The predicted octanol–water partition coefficient (Wildman–Crippen LogP) is 16.8. The van der Waals surface area contributed by atoms with E-state index < -0.39 is 18.2 Å². The van der Waals surface area contributed by atoms with E-state index >= 15 is 0 Å². The van der Waals surface area contributed by atoms with E-state index in [1.54, 1.807) is 0 Å². The van der Waals surface area contributed by atoms with Crippen molar-refractivity contribution in [2.24, 2.45) is 0 Å². The number of esters is 1. The molecule has 0 saturated heterocycles. The molecule has 0 aromatic rings. The smallest absolute Gasteiger partial charge is 0.306 e. The number of rotatable bonds is 50. The van der Waals surface area contributed by atoms with Crippen LogP contribution in [0.1, 0.15) is 290 Å². The topological polar surface area (TPSA) is 95.9 Å². The fraction of sp³-hybridized carbons (Fsp3) is 0.860. The van der Waals surface area contributed by atoms with Crippen LogP contribution in [0.5, 0.6) is 0 Å². The molecule has 370 valence electrons. The molecule has 0 radical (unpaired) electrons.